The molecule has 118 valence electrons. The molecule has 3 rings (SSSR count). The highest BCUT2D eigenvalue weighted by Crippen LogP contribution is 2.72. The first kappa shape index (κ1) is 15.7. The Kier molecular flexibility index (Phi) is 3.30. The van der Waals surface area contributed by atoms with Crippen LogP contribution in [0.15, 0.2) is 24.3 Å². The average molecular weight is 368 g/mol. The zero-order valence-corrected chi connectivity index (χ0v) is 14.5. The average Bonchev–Trinajstić information content (AvgIpc) is 2.74. The van der Waals surface area contributed by atoms with Crippen LogP contribution < -0.4 is 5.32 Å². The second kappa shape index (κ2) is 4.63. The van der Waals surface area contributed by atoms with Gasteiger partial charge in [-0.2, -0.15) is 0 Å². The van der Waals surface area contributed by atoms with Gasteiger partial charge in [0.15, 0.2) is 5.78 Å². The SMILES string of the molecule is CC1(C)[C@@]2(C)CC[C@]1(C(=O)Nc1ccccc1F)[C@H](Br)C2=O. The maximum atomic E-state index is 13.8. The number of fused-ring (bicyclic) bond motifs is 2. The summed E-state index contributed by atoms with van der Waals surface area (Å²) in [7, 11) is 0. The highest BCUT2D eigenvalue weighted by molar-refractivity contribution is 9.10. The number of carbonyl (C=O) groups is 2. The van der Waals surface area contributed by atoms with Gasteiger partial charge in [0.1, 0.15) is 5.82 Å². The van der Waals surface area contributed by atoms with Crippen molar-refractivity contribution >= 4 is 33.3 Å². The van der Waals surface area contributed by atoms with Crippen LogP contribution in [-0.4, -0.2) is 16.5 Å². The molecule has 0 radical (unpaired) electrons. The molecular weight excluding hydrogens is 349 g/mol. The van der Waals surface area contributed by atoms with Gasteiger partial charge in [0.2, 0.25) is 5.91 Å². The molecule has 5 heteroatoms. The first-order valence-corrected chi connectivity index (χ1v) is 8.34. The summed E-state index contributed by atoms with van der Waals surface area (Å²) in [5, 5.41) is 2.70. The van der Waals surface area contributed by atoms with Crippen LogP contribution in [-0.2, 0) is 9.59 Å². The largest absolute Gasteiger partial charge is 0.323 e. The van der Waals surface area contributed by atoms with Crippen molar-refractivity contribution in [3.8, 4) is 0 Å². The molecule has 3 nitrogen and oxygen atoms in total. The van der Waals surface area contributed by atoms with Gasteiger partial charge in [-0.15, -0.1) is 0 Å². The first-order valence-electron chi connectivity index (χ1n) is 7.43. The Bertz CT molecular complexity index is 674. The van der Waals surface area contributed by atoms with Gasteiger partial charge >= 0.3 is 0 Å². The Balaban J connectivity index is 2.02. The van der Waals surface area contributed by atoms with Gasteiger partial charge in [0.25, 0.3) is 0 Å². The lowest BCUT2D eigenvalue weighted by Gasteiger charge is -2.39. The molecule has 1 aromatic rings. The molecule has 0 unspecified atom stereocenters. The molecule has 1 aromatic carbocycles. The molecular formula is C17H19BrFNO2. The molecule has 0 saturated heterocycles. The number of rotatable bonds is 2. The summed E-state index contributed by atoms with van der Waals surface area (Å²) in [6.07, 6.45) is 1.31. The smallest absolute Gasteiger partial charge is 0.232 e. The number of alkyl halides is 1. The van der Waals surface area contributed by atoms with Crippen LogP contribution >= 0.6 is 15.9 Å². The molecule has 0 aliphatic heterocycles. The van der Waals surface area contributed by atoms with Gasteiger partial charge in [-0.25, -0.2) is 4.39 Å². The molecule has 1 N–H and O–H groups in total. The van der Waals surface area contributed by atoms with E-state index < -0.39 is 26.9 Å². The third kappa shape index (κ3) is 1.60. The van der Waals surface area contributed by atoms with Crippen molar-refractivity contribution < 1.29 is 14.0 Å². The predicted octanol–water partition coefficient (Wildman–Crippen LogP) is 3.92. The first-order chi connectivity index (χ1) is 10.2. The van der Waals surface area contributed by atoms with Crippen molar-refractivity contribution in [3.63, 3.8) is 0 Å². The Morgan fingerprint density at radius 1 is 1.27 bits per heavy atom. The van der Waals surface area contributed by atoms with E-state index in [-0.39, 0.29) is 17.4 Å². The van der Waals surface area contributed by atoms with E-state index in [4.69, 9.17) is 0 Å². The lowest BCUT2D eigenvalue weighted by atomic mass is 9.64. The van der Waals surface area contributed by atoms with Gasteiger partial charge in [-0.1, -0.05) is 48.8 Å². The summed E-state index contributed by atoms with van der Waals surface area (Å²) in [4.78, 5) is 25.1. The quantitative estimate of drug-likeness (QED) is 0.805. The number of Topliss-reactive ketones (excluding diaryl/α,β-unsaturated/α-hetero) is 1. The van der Waals surface area contributed by atoms with E-state index in [0.29, 0.717) is 12.8 Å². The van der Waals surface area contributed by atoms with Gasteiger partial charge in [0.05, 0.1) is 15.9 Å². The zero-order chi connectivity index (χ0) is 16.3. The second-order valence-electron chi connectivity index (χ2n) is 7.09. The summed E-state index contributed by atoms with van der Waals surface area (Å²) in [5.74, 6) is -0.673. The lowest BCUT2D eigenvalue weighted by Crippen LogP contribution is -2.48. The fourth-order valence-electron chi connectivity index (χ4n) is 4.25. The number of nitrogens with one attached hydrogen (secondary N) is 1. The van der Waals surface area contributed by atoms with Crippen LogP contribution in [0.5, 0.6) is 0 Å². The Labute approximate surface area is 137 Å². The van der Waals surface area contributed by atoms with Crippen LogP contribution in [0.3, 0.4) is 0 Å². The Morgan fingerprint density at radius 3 is 2.45 bits per heavy atom. The molecule has 0 aromatic heterocycles. The van der Waals surface area contributed by atoms with Gasteiger partial charge in [-0.05, 0) is 30.4 Å². The molecule has 1 amide bonds. The summed E-state index contributed by atoms with van der Waals surface area (Å²) in [6.45, 7) is 5.88. The van der Waals surface area contributed by atoms with Crippen LogP contribution in [0.1, 0.15) is 33.6 Å². The normalized spacial score (nSPS) is 35.7. The summed E-state index contributed by atoms with van der Waals surface area (Å²) >= 11 is 3.46. The third-order valence-corrected chi connectivity index (χ3v) is 7.45. The predicted molar refractivity (Wildman–Crippen MR) is 86.3 cm³/mol. The van der Waals surface area contributed by atoms with Crippen molar-refractivity contribution in [3.05, 3.63) is 30.1 Å². The van der Waals surface area contributed by atoms with E-state index >= 15 is 0 Å². The van der Waals surface area contributed by atoms with Gasteiger partial charge in [0, 0.05) is 5.41 Å². The highest BCUT2D eigenvalue weighted by atomic mass is 79.9. The Hall–Kier alpha value is -1.23. The molecule has 22 heavy (non-hydrogen) atoms. The summed E-state index contributed by atoms with van der Waals surface area (Å²) in [5.41, 5.74) is -1.69. The lowest BCUT2D eigenvalue weighted by molar-refractivity contribution is -0.130. The van der Waals surface area contributed by atoms with Gasteiger partial charge < -0.3 is 5.32 Å². The molecule has 3 atom stereocenters. The monoisotopic (exact) mass is 367 g/mol. The molecule has 2 aliphatic carbocycles. The third-order valence-electron chi connectivity index (χ3n) is 6.25. The number of hydrogen-bond donors (Lipinski definition) is 1. The van der Waals surface area contributed by atoms with Crippen molar-refractivity contribution in [1.29, 1.82) is 0 Å². The number of ketones is 1. The molecule has 2 fully saturated rings. The number of amides is 1. The van der Waals surface area contributed by atoms with Crippen molar-refractivity contribution in [2.75, 3.05) is 5.32 Å². The topological polar surface area (TPSA) is 46.2 Å². The fraction of sp³-hybridized carbons (Fsp3) is 0.529. The minimum atomic E-state index is -0.846. The minimum Gasteiger partial charge on any atom is -0.323 e. The maximum absolute atomic E-state index is 13.8. The number of anilines is 1. The highest BCUT2D eigenvalue weighted by Gasteiger charge is 2.76. The van der Waals surface area contributed by atoms with E-state index in [9.17, 15) is 14.0 Å². The van der Waals surface area contributed by atoms with Crippen LogP contribution in [0.4, 0.5) is 10.1 Å². The van der Waals surface area contributed by atoms with Crippen molar-refractivity contribution in [2.24, 2.45) is 16.2 Å². The molecule has 2 saturated carbocycles. The zero-order valence-electron chi connectivity index (χ0n) is 12.9. The standard InChI is InChI=1S/C17H19BrFNO2/c1-15(2)16(3)8-9-17(15,12(18)13(16)21)14(22)20-11-7-5-4-6-10(11)19/h4-7,12H,8-9H2,1-3H3,(H,20,22)/t12-,16+,17-/m1/s1. The molecule has 2 bridgehead atoms. The number of benzene rings is 1. The van der Waals surface area contributed by atoms with E-state index in [2.05, 4.69) is 21.2 Å². The van der Waals surface area contributed by atoms with Crippen LogP contribution in [0.25, 0.3) is 0 Å². The van der Waals surface area contributed by atoms with Crippen molar-refractivity contribution in [1.82, 2.24) is 0 Å². The fourth-order valence-corrected chi connectivity index (χ4v) is 5.77. The van der Waals surface area contributed by atoms with E-state index in [1.54, 1.807) is 12.1 Å². The molecule has 0 spiro atoms. The van der Waals surface area contributed by atoms with E-state index in [0.717, 1.165) is 0 Å². The molecule has 2 aliphatic rings. The summed E-state index contributed by atoms with van der Waals surface area (Å²) in [6, 6.07) is 6.09. The van der Waals surface area contributed by atoms with E-state index in [1.165, 1.54) is 12.1 Å². The summed E-state index contributed by atoms with van der Waals surface area (Å²) < 4.78 is 13.8. The second-order valence-corrected chi connectivity index (χ2v) is 8.00. The number of carbonyl (C=O) groups excluding carboxylic acids is 2. The van der Waals surface area contributed by atoms with E-state index in [1.807, 2.05) is 20.8 Å². The van der Waals surface area contributed by atoms with Gasteiger partial charge in [-0.3, -0.25) is 9.59 Å². The Morgan fingerprint density at radius 2 is 1.91 bits per heavy atom. The van der Waals surface area contributed by atoms with Crippen LogP contribution in [0.2, 0.25) is 0 Å². The minimum absolute atomic E-state index is 0.0763. The number of hydrogen-bond acceptors (Lipinski definition) is 2. The maximum Gasteiger partial charge on any atom is 0.232 e. The molecule has 0 heterocycles. The van der Waals surface area contributed by atoms with Crippen LogP contribution in [0, 0.1) is 22.1 Å². The number of para-hydroxylation sites is 1. The van der Waals surface area contributed by atoms with Crippen molar-refractivity contribution in [2.45, 2.75) is 38.4 Å². The number of halogens is 2.